The van der Waals surface area contributed by atoms with Crippen molar-refractivity contribution in [2.45, 2.75) is 26.3 Å². The van der Waals surface area contributed by atoms with Crippen LogP contribution in [-0.2, 0) is 0 Å². The van der Waals surface area contributed by atoms with Crippen LogP contribution in [0.2, 0.25) is 0 Å². The standard InChI is InChI=1S/C9H16BrN3S/c1-6(2)3-7(4-11)12-9-13-8(10)5-14-9/h5-7H,3-4,11H2,1-2H3,(H,12,13). The van der Waals surface area contributed by atoms with Gasteiger partial charge in [-0.15, -0.1) is 11.3 Å². The van der Waals surface area contributed by atoms with Gasteiger partial charge in [0.15, 0.2) is 5.13 Å². The molecule has 0 aromatic carbocycles. The third kappa shape index (κ3) is 3.94. The van der Waals surface area contributed by atoms with Crippen molar-refractivity contribution in [1.29, 1.82) is 0 Å². The summed E-state index contributed by atoms with van der Waals surface area (Å²) >= 11 is 4.92. The fourth-order valence-electron chi connectivity index (χ4n) is 1.28. The van der Waals surface area contributed by atoms with Crippen LogP contribution in [0.4, 0.5) is 5.13 Å². The molecule has 0 aliphatic heterocycles. The van der Waals surface area contributed by atoms with Crippen LogP contribution in [0.3, 0.4) is 0 Å². The predicted molar refractivity (Wildman–Crippen MR) is 65.7 cm³/mol. The lowest BCUT2D eigenvalue weighted by atomic mass is 10.0. The smallest absolute Gasteiger partial charge is 0.183 e. The number of nitrogens with two attached hydrogens (primary N) is 1. The second kappa shape index (κ2) is 5.68. The van der Waals surface area contributed by atoms with Crippen molar-refractivity contribution in [1.82, 2.24) is 4.98 Å². The maximum atomic E-state index is 5.68. The molecular weight excluding hydrogens is 262 g/mol. The zero-order chi connectivity index (χ0) is 10.6. The third-order valence-electron chi connectivity index (χ3n) is 1.84. The number of aromatic nitrogens is 1. The van der Waals surface area contributed by atoms with Gasteiger partial charge in [0.1, 0.15) is 4.60 Å². The normalized spacial score (nSPS) is 13.2. The lowest BCUT2D eigenvalue weighted by Crippen LogP contribution is -2.30. The van der Waals surface area contributed by atoms with Gasteiger partial charge >= 0.3 is 0 Å². The van der Waals surface area contributed by atoms with E-state index in [4.69, 9.17) is 5.73 Å². The van der Waals surface area contributed by atoms with Gasteiger partial charge in [-0.05, 0) is 28.3 Å². The van der Waals surface area contributed by atoms with E-state index >= 15 is 0 Å². The summed E-state index contributed by atoms with van der Waals surface area (Å²) < 4.78 is 0.880. The molecular formula is C9H16BrN3S. The lowest BCUT2D eigenvalue weighted by Gasteiger charge is -2.17. The lowest BCUT2D eigenvalue weighted by molar-refractivity contribution is 0.521. The Kier molecular flexibility index (Phi) is 4.84. The molecule has 0 saturated carbocycles. The molecule has 0 fully saturated rings. The molecule has 1 aromatic rings. The zero-order valence-electron chi connectivity index (χ0n) is 8.46. The average molecular weight is 278 g/mol. The predicted octanol–water partition coefficient (Wildman–Crippen LogP) is 2.69. The van der Waals surface area contributed by atoms with Crippen LogP contribution in [-0.4, -0.2) is 17.6 Å². The van der Waals surface area contributed by atoms with Crippen LogP contribution in [0, 0.1) is 5.92 Å². The largest absolute Gasteiger partial charge is 0.357 e. The molecule has 1 unspecified atom stereocenters. The first-order chi connectivity index (χ1) is 6.61. The molecule has 1 rings (SSSR count). The summed E-state index contributed by atoms with van der Waals surface area (Å²) in [6.07, 6.45) is 1.08. The number of rotatable bonds is 5. The number of nitrogens with zero attached hydrogens (tertiary/aromatic N) is 1. The number of hydrogen-bond donors (Lipinski definition) is 2. The van der Waals surface area contributed by atoms with Crippen molar-refractivity contribution in [2.24, 2.45) is 11.7 Å². The monoisotopic (exact) mass is 277 g/mol. The Labute approximate surface area is 97.2 Å². The molecule has 0 amide bonds. The highest BCUT2D eigenvalue weighted by Crippen LogP contribution is 2.21. The van der Waals surface area contributed by atoms with E-state index < -0.39 is 0 Å². The third-order valence-corrected chi connectivity index (χ3v) is 3.33. The van der Waals surface area contributed by atoms with E-state index in [-0.39, 0.29) is 0 Å². The van der Waals surface area contributed by atoms with Gasteiger partial charge in [0.05, 0.1) is 0 Å². The maximum absolute atomic E-state index is 5.68. The van der Waals surface area contributed by atoms with Gasteiger partial charge in [0.2, 0.25) is 0 Å². The van der Waals surface area contributed by atoms with E-state index in [1.54, 1.807) is 11.3 Å². The molecule has 0 aliphatic carbocycles. The quantitative estimate of drug-likeness (QED) is 0.870. The minimum atomic E-state index is 0.327. The van der Waals surface area contributed by atoms with Crippen molar-refractivity contribution < 1.29 is 0 Å². The molecule has 0 saturated heterocycles. The Morgan fingerprint density at radius 3 is 2.79 bits per heavy atom. The van der Waals surface area contributed by atoms with Gasteiger partial charge in [-0.2, -0.15) is 0 Å². The van der Waals surface area contributed by atoms with E-state index in [1.807, 2.05) is 5.38 Å². The maximum Gasteiger partial charge on any atom is 0.183 e. The SMILES string of the molecule is CC(C)CC(CN)Nc1nc(Br)cs1. The number of thiazole rings is 1. The molecule has 1 heterocycles. The minimum absolute atomic E-state index is 0.327. The zero-order valence-corrected chi connectivity index (χ0v) is 10.9. The second-order valence-corrected chi connectivity index (χ2v) is 5.35. The summed E-state index contributed by atoms with van der Waals surface area (Å²) in [5.74, 6) is 0.652. The second-order valence-electron chi connectivity index (χ2n) is 3.68. The Hall–Kier alpha value is -0.130. The fourth-order valence-corrected chi connectivity index (χ4v) is 2.50. The number of halogens is 1. The van der Waals surface area contributed by atoms with Crippen LogP contribution >= 0.6 is 27.3 Å². The van der Waals surface area contributed by atoms with Crippen LogP contribution in [0.15, 0.2) is 9.98 Å². The highest BCUT2D eigenvalue weighted by molar-refractivity contribution is 9.10. The van der Waals surface area contributed by atoms with Crippen LogP contribution in [0.25, 0.3) is 0 Å². The van der Waals surface area contributed by atoms with Crippen molar-refractivity contribution in [2.75, 3.05) is 11.9 Å². The summed E-state index contributed by atoms with van der Waals surface area (Å²) in [6.45, 7) is 5.04. The number of anilines is 1. The highest BCUT2D eigenvalue weighted by Gasteiger charge is 2.10. The van der Waals surface area contributed by atoms with Gasteiger partial charge in [0.25, 0.3) is 0 Å². The van der Waals surface area contributed by atoms with Gasteiger partial charge < -0.3 is 11.1 Å². The fraction of sp³-hybridized carbons (Fsp3) is 0.667. The first-order valence-electron chi connectivity index (χ1n) is 4.69. The van der Waals surface area contributed by atoms with Crippen molar-refractivity contribution in [3.63, 3.8) is 0 Å². The summed E-state index contributed by atoms with van der Waals surface area (Å²) in [5.41, 5.74) is 5.68. The van der Waals surface area contributed by atoms with Gasteiger partial charge in [-0.3, -0.25) is 0 Å². The minimum Gasteiger partial charge on any atom is -0.357 e. The molecule has 0 aliphatic rings. The van der Waals surface area contributed by atoms with Gasteiger partial charge in [-0.25, -0.2) is 4.98 Å². The Morgan fingerprint density at radius 1 is 1.64 bits per heavy atom. The summed E-state index contributed by atoms with van der Waals surface area (Å²) in [6, 6.07) is 0.327. The molecule has 0 bridgehead atoms. The average Bonchev–Trinajstić information content (AvgIpc) is 2.49. The topological polar surface area (TPSA) is 50.9 Å². The molecule has 1 aromatic heterocycles. The van der Waals surface area contributed by atoms with Crippen LogP contribution in [0.5, 0.6) is 0 Å². The molecule has 80 valence electrons. The summed E-state index contributed by atoms with van der Waals surface area (Å²) in [7, 11) is 0. The first kappa shape index (κ1) is 11.9. The van der Waals surface area contributed by atoms with E-state index in [0.717, 1.165) is 16.2 Å². The van der Waals surface area contributed by atoms with E-state index in [1.165, 1.54) is 0 Å². The molecule has 14 heavy (non-hydrogen) atoms. The van der Waals surface area contributed by atoms with E-state index in [2.05, 4.69) is 40.1 Å². The number of hydrogen-bond acceptors (Lipinski definition) is 4. The highest BCUT2D eigenvalue weighted by atomic mass is 79.9. The van der Waals surface area contributed by atoms with Crippen LogP contribution in [0.1, 0.15) is 20.3 Å². The van der Waals surface area contributed by atoms with E-state index in [0.29, 0.717) is 18.5 Å². The van der Waals surface area contributed by atoms with E-state index in [9.17, 15) is 0 Å². The Morgan fingerprint density at radius 2 is 2.36 bits per heavy atom. The summed E-state index contributed by atoms with van der Waals surface area (Å²) in [5, 5.41) is 6.23. The Bertz CT molecular complexity index is 275. The molecule has 0 spiro atoms. The molecule has 5 heteroatoms. The van der Waals surface area contributed by atoms with Crippen molar-refractivity contribution in [3.05, 3.63) is 9.98 Å². The molecule has 3 nitrogen and oxygen atoms in total. The first-order valence-corrected chi connectivity index (χ1v) is 6.36. The number of nitrogens with one attached hydrogen (secondary N) is 1. The Balaban J connectivity index is 2.48. The van der Waals surface area contributed by atoms with Crippen molar-refractivity contribution in [3.8, 4) is 0 Å². The summed E-state index contributed by atoms with van der Waals surface area (Å²) in [4.78, 5) is 4.27. The molecule has 3 N–H and O–H groups in total. The molecule has 0 radical (unpaired) electrons. The molecule has 1 atom stereocenters. The van der Waals surface area contributed by atoms with Crippen molar-refractivity contribution >= 4 is 32.4 Å². The van der Waals surface area contributed by atoms with Gasteiger partial charge in [0, 0.05) is 18.0 Å². The van der Waals surface area contributed by atoms with Crippen LogP contribution < -0.4 is 11.1 Å². The van der Waals surface area contributed by atoms with Gasteiger partial charge in [-0.1, -0.05) is 13.8 Å².